The highest BCUT2D eigenvalue weighted by Crippen LogP contribution is 2.49. The van der Waals surface area contributed by atoms with Gasteiger partial charge in [0.2, 0.25) is 0 Å². The predicted octanol–water partition coefficient (Wildman–Crippen LogP) is 5.98. The molecule has 0 N–H and O–H groups in total. The molecule has 0 saturated heterocycles. The van der Waals surface area contributed by atoms with Crippen molar-refractivity contribution in [2.45, 2.75) is 25.8 Å². The highest BCUT2D eigenvalue weighted by molar-refractivity contribution is 5.82. The third-order valence-corrected chi connectivity index (χ3v) is 5.73. The number of nitrogens with zero attached hydrogens (tertiary/aromatic N) is 1. The summed E-state index contributed by atoms with van der Waals surface area (Å²) in [4.78, 5) is 2.35. The fourth-order valence-corrected chi connectivity index (χ4v) is 4.30. The zero-order valence-corrected chi connectivity index (χ0v) is 14.7. The van der Waals surface area contributed by atoms with Gasteiger partial charge in [-0.05, 0) is 51.6 Å². The second kappa shape index (κ2) is 5.10. The van der Waals surface area contributed by atoms with Gasteiger partial charge in [0.15, 0.2) is 0 Å². The molecular weight excluding hydrogens is 302 g/mol. The highest BCUT2D eigenvalue weighted by atomic mass is 15.1. The summed E-state index contributed by atoms with van der Waals surface area (Å²) in [6.45, 7) is 5.60. The van der Waals surface area contributed by atoms with E-state index in [-0.39, 0.29) is 5.41 Å². The second-order valence-electron chi connectivity index (χ2n) is 7.54. The van der Waals surface area contributed by atoms with Crippen LogP contribution in [0.5, 0.6) is 0 Å². The first-order valence-electron chi connectivity index (χ1n) is 8.92. The van der Waals surface area contributed by atoms with Crippen LogP contribution in [-0.2, 0) is 12.0 Å². The van der Waals surface area contributed by atoms with Gasteiger partial charge in [-0.3, -0.25) is 0 Å². The average molecular weight is 323 g/mol. The Bertz CT molecular complexity index is 1010. The lowest BCUT2D eigenvalue weighted by molar-refractivity contribution is 0.660. The van der Waals surface area contributed by atoms with E-state index in [1.807, 2.05) is 0 Å². The van der Waals surface area contributed by atoms with Crippen LogP contribution in [-0.4, -0.2) is 0 Å². The molecule has 1 aliphatic carbocycles. The minimum Gasteiger partial charge on any atom is -0.344 e. The molecule has 122 valence electrons. The molecule has 1 heteroatoms. The van der Waals surface area contributed by atoms with Crippen molar-refractivity contribution in [2.75, 3.05) is 4.90 Å². The summed E-state index contributed by atoms with van der Waals surface area (Å²) in [5.74, 6) is 0. The first kappa shape index (κ1) is 14.5. The van der Waals surface area contributed by atoms with Crippen molar-refractivity contribution in [3.05, 3.63) is 95.2 Å². The van der Waals surface area contributed by atoms with Crippen LogP contribution in [0.25, 0.3) is 17.2 Å². The number of fused-ring (bicyclic) bond motifs is 4. The van der Waals surface area contributed by atoms with Crippen LogP contribution in [0.15, 0.2) is 72.9 Å². The van der Waals surface area contributed by atoms with Gasteiger partial charge in [-0.25, -0.2) is 0 Å². The van der Waals surface area contributed by atoms with Crippen molar-refractivity contribution in [2.24, 2.45) is 0 Å². The van der Waals surface area contributed by atoms with E-state index in [4.69, 9.17) is 0 Å². The molecule has 3 aromatic rings. The Labute approximate surface area is 149 Å². The predicted molar refractivity (Wildman–Crippen MR) is 106 cm³/mol. The number of anilines is 1. The van der Waals surface area contributed by atoms with Gasteiger partial charge in [0.1, 0.15) is 0 Å². The Morgan fingerprint density at radius 2 is 1.56 bits per heavy atom. The fraction of sp³-hybridized carbons (Fsp3) is 0.167. The van der Waals surface area contributed by atoms with Gasteiger partial charge in [0.25, 0.3) is 0 Å². The standard InChI is InChI=1S/C24H21N/c1-24(2)22-10-6-5-9-20(22)21-12-11-19(15-23(21)24)25-14-13-17-7-3-4-8-18(17)16-25/h3-15H,16H2,1-2H3. The molecule has 0 saturated carbocycles. The molecule has 0 amide bonds. The molecule has 0 spiro atoms. The Kier molecular flexibility index (Phi) is 2.96. The van der Waals surface area contributed by atoms with Crippen molar-refractivity contribution < 1.29 is 0 Å². The summed E-state index contributed by atoms with van der Waals surface area (Å²) in [6, 6.07) is 24.4. The fourth-order valence-electron chi connectivity index (χ4n) is 4.30. The molecule has 0 unspecified atom stereocenters. The molecule has 0 bridgehead atoms. The lowest BCUT2D eigenvalue weighted by Crippen LogP contribution is -2.20. The van der Waals surface area contributed by atoms with Crippen LogP contribution >= 0.6 is 0 Å². The van der Waals surface area contributed by atoms with Crippen molar-refractivity contribution in [3.63, 3.8) is 0 Å². The third-order valence-electron chi connectivity index (χ3n) is 5.73. The quantitative estimate of drug-likeness (QED) is 0.532. The topological polar surface area (TPSA) is 3.24 Å². The molecule has 1 nitrogen and oxygen atoms in total. The van der Waals surface area contributed by atoms with E-state index in [9.17, 15) is 0 Å². The molecule has 0 fully saturated rings. The van der Waals surface area contributed by atoms with Gasteiger partial charge in [-0.1, -0.05) is 68.4 Å². The van der Waals surface area contributed by atoms with E-state index in [0.29, 0.717) is 0 Å². The van der Waals surface area contributed by atoms with Crippen LogP contribution in [0.2, 0.25) is 0 Å². The lowest BCUT2D eigenvalue weighted by atomic mass is 9.82. The SMILES string of the molecule is CC1(C)c2ccccc2-c2ccc(N3C=Cc4ccccc4C3)cc21. The lowest BCUT2D eigenvalue weighted by Gasteiger charge is -2.28. The van der Waals surface area contributed by atoms with Crippen LogP contribution in [0.3, 0.4) is 0 Å². The van der Waals surface area contributed by atoms with Crippen molar-refractivity contribution in [3.8, 4) is 11.1 Å². The normalized spacial score (nSPS) is 16.3. The maximum Gasteiger partial charge on any atom is 0.0481 e. The number of hydrogen-bond donors (Lipinski definition) is 0. The first-order chi connectivity index (χ1) is 12.1. The summed E-state index contributed by atoms with van der Waals surface area (Å²) in [5.41, 5.74) is 9.66. The maximum atomic E-state index is 2.38. The zero-order valence-electron chi connectivity index (χ0n) is 14.7. The van der Waals surface area contributed by atoms with Crippen molar-refractivity contribution in [1.29, 1.82) is 0 Å². The molecule has 1 aliphatic heterocycles. The number of benzene rings is 3. The largest absolute Gasteiger partial charge is 0.344 e. The van der Waals surface area contributed by atoms with E-state index in [1.165, 1.54) is 39.1 Å². The summed E-state index contributed by atoms with van der Waals surface area (Å²) in [7, 11) is 0. The van der Waals surface area contributed by atoms with Crippen LogP contribution in [0, 0.1) is 0 Å². The van der Waals surface area contributed by atoms with Gasteiger partial charge in [0.05, 0.1) is 0 Å². The van der Waals surface area contributed by atoms with E-state index in [0.717, 1.165) is 6.54 Å². The molecular formula is C24H21N. The second-order valence-corrected chi connectivity index (χ2v) is 7.54. The van der Waals surface area contributed by atoms with Crippen molar-refractivity contribution >= 4 is 11.8 Å². The van der Waals surface area contributed by atoms with E-state index in [2.05, 4.69) is 97.8 Å². The monoisotopic (exact) mass is 323 g/mol. The molecule has 3 aromatic carbocycles. The van der Waals surface area contributed by atoms with Gasteiger partial charge >= 0.3 is 0 Å². The van der Waals surface area contributed by atoms with E-state index in [1.54, 1.807) is 0 Å². The summed E-state index contributed by atoms with van der Waals surface area (Å²) < 4.78 is 0. The number of rotatable bonds is 1. The van der Waals surface area contributed by atoms with Crippen LogP contribution < -0.4 is 4.90 Å². The maximum absolute atomic E-state index is 2.38. The minimum absolute atomic E-state index is 0.0549. The highest BCUT2D eigenvalue weighted by Gasteiger charge is 2.35. The summed E-state index contributed by atoms with van der Waals surface area (Å²) >= 11 is 0. The number of hydrogen-bond acceptors (Lipinski definition) is 1. The zero-order chi connectivity index (χ0) is 17.0. The van der Waals surface area contributed by atoms with Crippen molar-refractivity contribution in [1.82, 2.24) is 0 Å². The molecule has 5 rings (SSSR count). The first-order valence-corrected chi connectivity index (χ1v) is 8.92. The van der Waals surface area contributed by atoms with E-state index < -0.39 is 0 Å². The molecule has 2 aliphatic rings. The Hall–Kier alpha value is -2.80. The minimum atomic E-state index is 0.0549. The van der Waals surface area contributed by atoms with Gasteiger partial charge in [-0.15, -0.1) is 0 Å². The van der Waals surface area contributed by atoms with Crippen LogP contribution in [0.1, 0.15) is 36.1 Å². The Balaban J connectivity index is 1.58. The molecule has 0 radical (unpaired) electrons. The van der Waals surface area contributed by atoms with Gasteiger partial charge in [0, 0.05) is 23.8 Å². The average Bonchev–Trinajstić information content (AvgIpc) is 2.89. The Morgan fingerprint density at radius 3 is 2.48 bits per heavy atom. The van der Waals surface area contributed by atoms with Gasteiger partial charge in [-0.2, -0.15) is 0 Å². The summed E-state index contributed by atoms with van der Waals surface area (Å²) in [6.07, 6.45) is 4.42. The van der Waals surface area contributed by atoms with Gasteiger partial charge < -0.3 is 4.90 Å². The third kappa shape index (κ3) is 2.09. The molecule has 0 atom stereocenters. The summed E-state index contributed by atoms with van der Waals surface area (Å²) in [5, 5.41) is 0. The molecule has 25 heavy (non-hydrogen) atoms. The molecule has 1 heterocycles. The Morgan fingerprint density at radius 1 is 0.800 bits per heavy atom. The van der Waals surface area contributed by atoms with Crippen LogP contribution in [0.4, 0.5) is 5.69 Å². The smallest absolute Gasteiger partial charge is 0.0481 e. The molecule has 0 aromatic heterocycles. The van der Waals surface area contributed by atoms with E-state index >= 15 is 0 Å².